The number of fused-ring (bicyclic) bond motifs is 1. The third-order valence-corrected chi connectivity index (χ3v) is 7.90. The summed E-state index contributed by atoms with van der Waals surface area (Å²) >= 11 is 1.67. The fraction of sp³-hybridized carbons (Fsp3) is 0.310. The van der Waals surface area contributed by atoms with Crippen LogP contribution in [0.1, 0.15) is 18.4 Å². The van der Waals surface area contributed by atoms with Gasteiger partial charge in [0.15, 0.2) is 12.0 Å². The second-order valence-corrected chi connectivity index (χ2v) is 10.1. The summed E-state index contributed by atoms with van der Waals surface area (Å²) in [6.45, 7) is 4.03. The van der Waals surface area contributed by atoms with E-state index in [-0.39, 0.29) is 12.1 Å². The molecule has 0 spiro atoms. The normalized spacial score (nSPS) is 14.7. The summed E-state index contributed by atoms with van der Waals surface area (Å²) < 4.78 is 32.1. The van der Waals surface area contributed by atoms with Crippen LogP contribution in [0.3, 0.4) is 0 Å². The lowest BCUT2D eigenvalue weighted by molar-refractivity contribution is -0.141. The van der Waals surface area contributed by atoms with E-state index in [4.69, 9.17) is 14.2 Å². The fourth-order valence-electron chi connectivity index (χ4n) is 4.83. The van der Waals surface area contributed by atoms with Gasteiger partial charge < -0.3 is 19.1 Å². The summed E-state index contributed by atoms with van der Waals surface area (Å²) in [6.07, 6.45) is 1.94. The number of anilines is 1. The summed E-state index contributed by atoms with van der Waals surface area (Å²) in [4.78, 5) is 3.40. The van der Waals surface area contributed by atoms with Crippen molar-refractivity contribution < 1.29 is 18.6 Å². The molecule has 0 radical (unpaired) electrons. The SMILES string of the molecule is COC(OC)C1CCN(c2ccc(Oc3c(-c4ccc(F)cc4)sc4cc(C)ccc34)cc2)CC1. The molecule has 1 aliphatic heterocycles. The highest BCUT2D eigenvalue weighted by molar-refractivity contribution is 7.22. The predicted octanol–water partition coefficient (Wildman–Crippen LogP) is 7.64. The first-order valence-corrected chi connectivity index (χ1v) is 12.7. The van der Waals surface area contributed by atoms with Gasteiger partial charge in [0.2, 0.25) is 0 Å². The maximum absolute atomic E-state index is 13.6. The molecule has 1 aliphatic rings. The standard InChI is InChI=1S/C29H30FNO3S/c1-19-4-13-25-26(18-19)35-28(20-5-7-22(30)8-6-20)27(25)34-24-11-9-23(10-12-24)31-16-14-21(15-17-31)29(32-2)33-3/h4-13,18,21,29H,14-17H2,1-3H3. The Morgan fingerprint density at radius 2 is 1.60 bits per heavy atom. The highest BCUT2D eigenvalue weighted by atomic mass is 32.1. The second-order valence-electron chi connectivity index (χ2n) is 9.03. The minimum Gasteiger partial charge on any atom is -0.455 e. The number of hydrogen-bond acceptors (Lipinski definition) is 5. The molecule has 0 N–H and O–H groups in total. The van der Waals surface area contributed by atoms with Crippen molar-refractivity contribution >= 4 is 27.1 Å². The number of piperidine rings is 1. The number of aryl methyl sites for hydroxylation is 1. The molecule has 0 atom stereocenters. The average Bonchev–Trinajstić information content (AvgIpc) is 3.23. The van der Waals surface area contributed by atoms with Crippen molar-refractivity contribution in [2.24, 2.45) is 5.92 Å². The third-order valence-electron chi connectivity index (χ3n) is 6.72. The summed E-state index contributed by atoms with van der Waals surface area (Å²) in [5.74, 6) is 1.78. The monoisotopic (exact) mass is 491 g/mol. The van der Waals surface area contributed by atoms with Crippen molar-refractivity contribution in [1.82, 2.24) is 0 Å². The highest BCUT2D eigenvalue weighted by Crippen LogP contribution is 2.46. The summed E-state index contributed by atoms with van der Waals surface area (Å²) in [5, 5.41) is 1.07. The van der Waals surface area contributed by atoms with Crippen LogP contribution in [0.2, 0.25) is 0 Å². The van der Waals surface area contributed by atoms with E-state index < -0.39 is 0 Å². The van der Waals surface area contributed by atoms with Gasteiger partial charge in [-0.15, -0.1) is 11.3 Å². The lowest BCUT2D eigenvalue weighted by Crippen LogP contribution is -2.39. The molecule has 0 aliphatic carbocycles. The van der Waals surface area contributed by atoms with Gasteiger partial charge in [-0.2, -0.15) is 0 Å². The number of hydrogen-bond donors (Lipinski definition) is 0. The van der Waals surface area contributed by atoms with Crippen molar-refractivity contribution in [2.75, 3.05) is 32.2 Å². The van der Waals surface area contributed by atoms with Crippen molar-refractivity contribution in [3.8, 4) is 21.9 Å². The molecular weight excluding hydrogens is 461 g/mol. The maximum atomic E-state index is 13.6. The van der Waals surface area contributed by atoms with Gasteiger partial charge in [0.1, 0.15) is 11.6 Å². The zero-order chi connectivity index (χ0) is 24.4. The molecule has 2 heterocycles. The van der Waals surface area contributed by atoms with Crippen LogP contribution in [0.5, 0.6) is 11.5 Å². The van der Waals surface area contributed by atoms with Crippen LogP contribution in [0, 0.1) is 18.7 Å². The van der Waals surface area contributed by atoms with E-state index >= 15 is 0 Å². The van der Waals surface area contributed by atoms with E-state index in [9.17, 15) is 4.39 Å². The van der Waals surface area contributed by atoms with E-state index in [1.807, 2.05) is 24.3 Å². The Labute approximate surface area is 209 Å². The van der Waals surface area contributed by atoms with Crippen LogP contribution in [0.4, 0.5) is 10.1 Å². The first-order valence-electron chi connectivity index (χ1n) is 11.9. The molecule has 1 saturated heterocycles. The first-order chi connectivity index (χ1) is 17.1. The number of halogens is 1. The van der Waals surface area contributed by atoms with E-state index in [2.05, 4.69) is 42.2 Å². The van der Waals surface area contributed by atoms with Crippen LogP contribution in [-0.4, -0.2) is 33.6 Å². The van der Waals surface area contributed by atoms with Crippen LogP contribution in [0.25, 0.3) is 20.5 Å². The van der Waals surface area contributed by atoms with Gasteiger partial charge in [-0.1, -0.05) is 18.2 Å². The van der Waals surface area contributed by atoms with Gasteiger partial charge in [0, 0.05) is 49.0 Å². The van der Waals surface area contributed by atoms with E-state index in [1.54, 1.807) is 25.6 Å². The molecular formula is C29H30FNO3S. The molecule has 3 aromatic carbocycles. The Kier molecular flexibility index (Phi) is 7.04. The van der Waals surface area contributed by atoms with Crippen molar-refractivity contribution in [1.29, 1.82) is 0 Å². The summed E-state index contributed by atoms with van der Waals surface area (Å²) in [6, 6.07) is 21.3. The quantitative estimate of drug-likeness (QED) is 0.249. The van der Waals surface area contributed by atoms with Crippen molar-refractivity contribution in [3.05, 3.63) is 78.1 Å². The molecule has 0 saturated carbocycles. The lowest BCUT2D eigenvalue weighted by Gasteiger charge is -2.36. The number of ether oxygens (including phenoxy) is 3. The highest BCUT2D eigenvalue weighted by Gasteiger charge is 2.26. The minimum atomic E-state index is -0.243. The first kappa shape index (κ1) is 23.8. The number of thiophene rings is 1. The summed E-state index contributed by atoms with van der Waals surface area (Å²) in [7, 11) is 3.41. The van der Waals surface area contributed by atoms with E-state index in [0.717, 1.165) is 58.0 Å². The lowest BCUT2D eigenvalue weighted by atomic mass is 9.95. The van der Waals surface area contributed by atoms with Crippen molar-refractivity contribution in [3.63, 3.8) is 0 Å². The zero-order valence-electron chi connectivity index (χ0n) is 20.3. The molecule has 4 aromatic rings. The largest absolute Gasteiger partial charge is 0.455 e. The Morgan fingerprint density at radius 1 is 0.914 bits per heavy atom. The van der Waals surface area contributed by atoms with E-state index in [1.165, 1.54) is 23.4 Å². The molecule has 0 bridgehead atoms. The minimum absolute atomic E-state index is 0.132. The predicted molar refractivity (Wildman–Crippen MR) is 141 cm³/mol. The smallest absolute Gasteiger partial charge is 0.159 e. The Bertz CT molecular complexity index is 1270. The number of nitrogens with zero attached hydrogens (tertiary/aromatic N) is 1. The van der Waals surface area contributed by atoms with Gasteiger partial charge in [-0.3, -0.25) is 0 Å². The molecule has 6 heteroatoms. The van der Waals surface area contributed by atoms with Gasteiger partial charge in [0.25, 0.3) is 0 Å². The number of methoxy groups -OCH3 is 2. The van der Waals surface area contributed by atoms with Crippen LogP contribution < -0.4 is 9.64 Å². The zero-order valence-corrected chi connectivity index (χ0v) is 21.1. The molecule has 0 amide bonds. The molecule has 35 heavy (non-hydrogen) atoms. The molecule has 4 nitrogen and oxygen atoms in total. The summed E-state index contributed by atoms with van der Waals surface area (Å²) in [5.41, 5.74) is 3.34. The van der Waals surface area contributed by atoms with Gasteiger partial charge >= 0.3 is 0 Å². The number of rotatable bonds is 7. The van der Waals surface area contributed by atoms with Gasteiger partial charge in [-0.05, 0) is 79.4 Å². The Hall–Kier alpha value is -2.93. The maximum Gasteiger partial charge on any atom is 0.159 e. The van der Waals surface area contributed by atoms with Gasteiger partial charge in [-0.25, -0.2) is 4.39 Å². The third kappa shape index (κ3) is 5.06. The molecule has 0 unspecified atom stereocenters. The topological polar surface area (TPSA) is 30.9 Å². The van der Waals surface area contributed by atoms with E-state index in [0.29, 0.717) is 5.92 Å². The van der Waals surface area contributed by atoms with Crippen LogP contribution in [0.15, 0.2) is 66.7 Å². The molecule has 182 valence electrons. The Morgan fingerprint density at radius 3 is 2.26 bits per heavy atom. The molecule has 5 rings (SSSR count). The van der Waals surface area contributed by atoms with Crippen LogP contribution in [-0.2, 0) is 9.47 Å². The average molecular weight is 492 g/mol. The molecule has 1 fully saturated rings. The van der Waals surface area contributed by atoms with Crippen LogP contribution >= 0.6 is 11.3 Å². The second kappa shape index (κ2) is 10.4. The molecule has 1 aromatic heterocycles. The van der Waals surface area contributed by atoms with Gasteiger partial charge in [0.05, 0.1) is 4.88 Å². The number of benzene rings is 3. The Balaban J connectivity index is 1.37. The van der Waals surface area contributed by atoms with Crippen molar-refractivity contribution in [2.45, 2.75) is 26.1 Å². The fourth-order valence-corrected chi connectivity index (χ4v) is 6.06.